The highest BCUT2D eigenvalue weighted by Crippen LogP contribution is 2.34. The van der Waals surface area contributed by atoms with E-state index in [4.69, 9.17) is 34.8 Å². The summed E-state index contributed by atoms with van der Waals surface area (Å²) in [6.07, 6.45) is -4.70. The number of anilines is 2. The lowest BCUT2D eigenvalue weighted by atomic mass is 10.3. The Balaban J connectivity index is 2.42. The fraction of sp³-hybridized carbons (Fsp3) is 0.0909. The van der Waals surface area contributed by atoms with Crippen LogP contribution in [0.2, 0.25) is 15.2 Å². The summed E-state index contributed by atoms with van der Waals surface area (Å²) >= 11 is 17.4. The van der Waals surface area contributed by atoms with Gasteiger partial charge >= 0.3 is 6.18 Å². The van der Waals surface area contributed by atoms with E-state index in [2.05, 4.69) is 15.3 Å². The molecule has 20 heavy (non-hydrogen) atoms. The van der Waals surface area contributed by atoms with Gasteiger partial charge in [-0.1, -0.05) is 40.9 Å². The Morgan fingerprint density at radius 2 is 1.60 bits per heavy atom. The Morgan fingerprint density at radius 1 is 1.00 bits per heavy atom. The van der Waals surface area contributed by atoms with Crippen molar-refractivity contribution in [3.8, 4) is 0 Å². The van der Waals surface area contributed by atoms with E-state index < -0.39 is 12.0 Å². The van der Waals surface area contributed by atoms with Crippen molar-refractivity contribution in [2.75, 3.05) is 5.32 Å². The highest BCUT2D eigenvalue weighted by Gasteiger charge is 2.35. The Morgan fingerprint density at radius 3 is 2.15 bits per heavy atom. The molecule has 0 fully saturated rings. The lowest BCUT2D eigenvalue weighted by Gasteiger charge is -2.11. The van der Waals surface area contributed by atoms with Gasteiger partial charge < -0.3 is 5.32 Å². The van der Waals surface area contributed by atoms with Crippen molar-refractivity contribution in [1.29, 1.82) is 0 Å². The topological polar surface area (TPSA) is 37.8 Å². The summed E-state index contributed by atoms with van der Waals surface area (Å²) in [5.41, 5.74) is 0.235. The quantitative estimate of drug-likeness (QED) is 0.762. The van der Waals surface area contributed by atoms with Crippen LogP contribution >= 0.6 is 34.8 Å². The maximum atomic E-state index is 12.6. The number of nitrogens with one attached hydrogen (secondary N) is 1. The Kier molecular flexibility index (Phi) is 4.27. The first-order valence-electron chi connectivity index (χ1n) is 5.10. The molecule has 0 unspecified atom stereocenters. The molecule has 1 aromatic carbocycles. The summed E-state index contributed by atoms with van der Waals surface area (Å²) in [6.45, 7) is 0. The molecule has 0 atom stereocenters. The molecule has 0 aliphatic heterocycles. The number of rotatable bonds is 2. The average molecular weight is 343 g/mol. The van der Waals surface area contributed by atoms with Crippen LogP contribution in [0.25, 0.3) is 0 Å². The van der Waals surface area contributed by atoms with Crippen molar-refractivity contribution in [3.63, 3.8) is 0 Å². The van der Waals surface area contributed by atoms with Crippen LogP contribution in [-0.2, 0) is 6.18 Å². The standard InChI is InChI=1S/C11H5Cl3F3N3/c12-5-2-1-3-6(13)9(5)19-8-4-7(14)18-10(20-8)11(15,16)17/h1-4H,(H,18,19,20). The molecule has 9 heteroatoms. The predicted octanol–water partition coefficient (Wildman–Crippen LogP) is 5.20. The number of aromatic nitrogens is 2. The zero-order chi connectivity index (χ0) is 14.9. The molecule has 1 heterocycles. The van der Waals surface area contributed by atoms with Gasteiger partial charge in [0.1, 0.15) is 11.0 Å². The number of hydrogen-bond donors (Lipinski definition) is 1. The molecule has 3 nitrogen and oxygen atoms in total. The third-order valence-electron chi connectivity index (χ3n) is 2.16. The molecule has 0 aliphatic carbocycles. The van der Waals surface area contributed by atoms with Crippen molar-refractivity contribution in [2.45, 2.75) is 6.18 Å². The molecule has 0 amide bonds. The van der Waals surface area contributed by atoms with Crippen LogP contribution in [0.4, 0.5) is 24.7 Å². The fourth-order valence-corrected chi connectivity index (χ4v) is 2.03. The minimum absolute atomic E-state index is 0.160. The molecule has 0 saturated heterocycles. The van der Waals surface area contributed by atoms with Crippen LogP contribution in [0.5, 0.6) is 0 Å². The number of benzene rings is 1. The molecule has 0 aliphatic rings. The third-order valence-corrected chi connectivity index (χ3v) is 2.99. The van der Waals surface area contributed by atoms with E-state index in [0.717, 1.165) is 6.07 Å². The van der Waals surface area contributed by atoms with Gasteiger partial charge in [-0.05, 0) is 12.1 Å². The number of hydrogen-bond acceptors (Lipinski definition) is 3. The molecule has 0 spiro atoms. The Bertz CT molecular complexity index is 626. The molecular formula is C11H5Cl3F3N3. The highest BCUT2D eigenvalue weighted by atomic mass is 35.5. The molecule has 0 saturated carbocycles. The summed E-state index contributed by atoms with van der Waals surface area (Å²) in [5, 5.41) is 2.72. The molecular weight excluding hydrogens is 337 g/mol. The number of para-hydroxylation sites is 1. The largest absolute Gasteiger partial charge is 0.451 e. The van der Waals surface area contributed by atoms with Gasteiger partial charge in [0.25, 0.3) is 0 Å². The normalized spacial score (nSPS) is 11.5. The zero-order valence-electron chi connectivity index (χ0n) is 9.47. The Hall–Kier alpha value is -1.24. The maximum absolute atomic E-state index is 12.6. The summed E-state index contributed by atoms with van der Waals surface area (Å²) in [4.78, 5) is 6.45. The van der Waals surface area contributed by atoms with Crippen LogP contribution in [0, 0.1) is 0 Å². The number of halogens is 6. The monoisotopic (exact) mass is 341 g/mol. The second-order valence-electron chi connectivity index (χ2n) is 3.62. The molecule has 0 bridgehead atoms. The van der Waals surface area contributed by atoms with Crippen molar-refractivity contribution in [1.82, 2.24) is 9.97 Å². The molecule has 1 aromatic heterocycles. The van der Waals surface area contributed by atoms with E-state index in [1.165, 1.54) is 12.1 Å². The van der Waals surface area contributed by atoms with Gasteiger partial charge in [0, 0.05) is 6.07 Å². The van der Waals surface area contributed by atoms with E-state index >= 15 is 0 Å². The van der Waals surface area contributed by atoms with Gasteiger partial charge in [-0.25, -0.2) is 9.97 Å². The van der Waals surface area contributed by atoms with Crippen LogP contribution in [-0.4, -0.2) is 9.97 Å². The van der Waals surface area contributed by atoms with Crippen molar-refractivity contribution in [3.05, 3.63) is 45.3 Å². The second-order valence-corrected chi connectivity index (χ2v) is 4.82. The lowest BCUT2D eigenvalue weighted by molar-refractivity contribution is -0.144. The van der Waals surface area contributed by atoms with Crippen molar-refractivity contribution < 1.29 is 13.2 Å². The van der Waals surface area contributed by atoms with E-state index in [1.807, 2.05) is 0 Å². The molecule has 106 valence electrons. The van der Waals surface area contributed by atoms with Gasteiger partial charge in [0.05, 0.1) is 15.7 Å². The molecule has 2 rings (SSSR count). The lowest BCUT2D eigenvalue weighted by Crippen LogP contribution is -2.12. The van der Waals surface area contributed by atoms with E-state index in [0.29, 0.717) is 0 Å². The van der Waals surface area contributed by atoms with Gasteiger partial charge in [-0.3, -0.25) is 0 Å². The minimum atomic E-state index is -4.70. The smallest absolute Gasteiger partial charge is 0.338 e. The van der Waals surface area contributed by atoms with E-state index in [-0.39, 0.29) is 26.7 Å². The van der Waals surface area contributed by atoms with Crippen molar-refractivity contribution >= 4 is 46.3 Å². The third kappa shape index (κ3) is 3.45. The first kappa shape index (κ1) is 15.2. The molecule has 2 aromatic rings. The average Bonchev–Trinajstić information content (AvgIpc) is 2.32. The first-order chi connectivity index (χ1) is 9.27. The minimum Gasteiger partial charge on any atom is -0.338 e. The SMILES string of the molecule is FC(F)(F)c1nc(Cl)cc(Nc2c(Cl)cccc2Cl)n1. The van der Waals surface area contributed by atoms with Crippen LogP contribution in [0.3, 0.4) is 0 Å². The molecule has 0 radical (unpaired) electrons. The summed E-state index contributed by atoms with van der Waals surface area (Å²) in [5.74, 6) is -1.51. The number of nitrogens with zero attached hydrogens (tertiary/aromatic N) is 2. The van der Waals surface area contributed by atoms with E-state index in [9.17, 15) is 13.2 Å². The van der Waals surface area contributed by atoms with Gasteiger partial charge in [-0.2, -0.15) is 13.2 Å². The van der Waals surface area contributed by atoms with E-state index in [1.54, 1.807) is 6.07 Å². The zero-order valence-corrected chi connectivity index (χ0v) is 11.7. The predicted molar refractivity (Wildman–Crippen MR) is 71.8 cm³/mol. The van der Waals surface area contributed by atoms with Gasteiger partial charge in [0.2, 0.25) is 5.82 Å². The summed E-state index contributed by atoms with van der Waals surface area (Å²) < 4.78 is 37.7. The second kappa shape index (κ2) is 5.63. The Labute approximate surface area is 126 Å². The maximum Gasteiger partial charge on any atom is 0.451 e. The first-order valence-corrected chi connectivity index (χ1v) is 6.23. The van der Waals surface area contributed by atoms with Crippen LogP contribution < -0.4 is 5.32 Å². The summed E-state index contributed by atoms with van der Waals surface area (Å²) in [7, 11) is 0. The summed E-state index contributed by atoms with van der Waals surface area (Å²) in [6, 6.07) is 5.80. The highest BCUT2D eigenvalue weighted by molar-refractivity contribution is 6.39. The van der Waals surface area contributed by atoms with Crippen LogP contribution in [0.1, 0.15) is 5.82 Å². The van der Waals surface area contributed by atoms with Gasteiger partial charge in [-0.15, -0.1) is 0 Å². The fourth-order valence-electron chi connectivity index (χ4n) is 1.35. The van der Waals surface area contributed by atoms with Crippen molar-refractivity contribution in [2.24, 2.45) is 0 Å². The molecule has 1 N–H and O–H groups in total. The number of alkyl halides is 3. The van der Waals surface area contributed by atoms with Gasteiger partial charge in [0.15, 0.2) is 0 Å². The van der Waals surface area contributed by atoms with Crippen LogP contribution in [0.15, 0.2) is 24.3 Å².